The van der Waals surface area contributed by atoms with E-state index in [2.05, 4.69) is 4.90 Å². The molecule has 0 atom stereocenters. The first-order chi connectivity index (χ1) is 7.96. The fourth-order valence-electron chi connectivity index (χ4n) is 2.12. The van der Waals surface area contributed by atoms with Gasteiger partial charge in [0.25, 0.3) is 0 Å². The van der Waals surface area contributed by atoms with E-state index in [-0.39, 0.29) is 5.75 Å². The summed E-state index contributed by atoms with van der Waals surface area (Å²) in [6.07, 6.45) is 2.15. The minimum atomic E-state index is -3.67. The van der Waals surface area contributed by atoms with Gasteiger partial charge in [-0.25, -0.2) is 12.8 Å². The highest BCUT2D eigenvalue weighted by Crippen LogP contribution is 2.27. The zero-order valence-electron chi connectivity index (χ0n) is 9.20. The highest BCUT2D eigenvalue weighted by molar-refractivity contribution is 8.13. The monoisotopic (exact) mass is 277 g/mol. The lowest BCUT2D eigenvalue weighted by Crippen LogP contribution is -2.19. The van der Waals surface area contributed by atoms with Gasteiger partial charge in [0.15, 0.2) is 0 Å². The number of hydrogen-bond acceptors (Lipinski definition) is 3. The zero-order valence-corrected chi connectivity index (χ0v) is 10.8. The number of benzene rings is 1. The SMILES string of the molecule is O=S(=O)(Cl)Cc1cc(F)ccc1N1CCCC1. The van der Waals surface area contributed by atoms with Crippen molar-refractivity contribution in [2.45, 2.75) is 18.6 Å². The van der Waals surface area contributed by atoms with Crippen LogP contribution in [0.4, 0.5) is 10.1 Å². The van der Waals surface area contributed by atoms with Crippen molar-refractivity contribution in [3.8, 4) is 0 Å². The van der Waals surface area contributed by atoms with E-state index in [0.717, 1.165) is 31.6 Å². The molecule has 3 nitrogen and oxygen atoms in total. The quantitative estimate of drug-likeness (QED) is 0.797. The number of anilines is 1. The zero-order chi connectivity index (χ0) is 12.5. The van der Waals surface area contributed by atoms with Crippen LogP contribution in [0.5, 0.6) is 0 Å². The van der Waals surface area contributed by atoms with Gasteiger partial charge >= 0.3 is 0 Å². The number of nitrogens with zero attached hydrogens (tertiary/aromatic N) is 1. The molecular weight excluding hydrogens is 265 g/mol. The summed E-state index contributed by atoms with van der Waals surface area (Å²) in [7, 11) is 1.56. The first-order valence-corrected chi connectivity index (χ1v) is 7.89. The average Bonchev–Trinajstić information content (AvgIpc) is 2.68. The predicted octanol–water partition coefficient (Wildman–Crippen LogP) is 2.49. The third-order valence-electron chi connectivity index (χ3n) is 2.82. The molecule has 1 saturated heterocycles. The highest BCUT2D eigenvalue weighted by atomic mass is 35.7. The summed E-state index contributed by atoms with van der Waals surface area (Å²) in [6.45, 7) is 1.75. The van der Waals surface area contributed by atoms with E-state index in [0.29, 0.717) is 5.56 Å². The molecule has 0 aromatic heterocycles. The van der Waals surface area contributed by atoms with Gasteiger partial charge in [-0.1, -0.05) is 0 Å². The van der Waals surface area contributed by atoms with Crippen molar-refractivity contribution < 1.29 is 12.8 Å². The van der Waals surface area contributed by atoms with Crippen molar-refractivity contribution in [3.63, 3.8) is 0 Å². The van der Waals surface area contributed by atoms with Gasteiger partial charge in [0.2, 0.25) is 9.05 Å². The second kappa shape index (κ2) is 4.82. The van der Waals surface area contributed by atoms with Crippen LogP contribution in [0.1, 0.15) is 18.4 Å². The molecule has 1 heterocycles. The normalized spacial score (nSPS) is 16.5. The van der Waals surface area contributed by atoms with E-state index >= 15 is 0 Å². The summed E-state index contributed by atoms with van der Waals surface area (Å²) in [4.78, 5) is 2.07. The molecule has 0 saturated carbocycles. The lowest BCUT2D eigenvalue weighted by molar-refractivity contribution is 0.607. The van der Waals surface area contributed by atoms with Crippen molar-refractivity contribution in [1.82, 2.24) is 0 Å². The molecular formula is C11H13ClFNO2S. The summed E-state index contributed by atoms with van der Waals surface area (Å²) in [6, 6.07) is 4.21. The van der Waals surface area contributed by atoms with Crippen molar-refractivity contribution in [2.75, 3.05) is 18.0 Å². The Balaban J connectivity index is 2.36. The Bertz CT molecular complexity index is 512. The molecule has 6 heteroatoms. The van der Waals surface area contributed by atoms with E-state index in [1.165, 1.54) is 12.1 Å². The van der Waals surface area contributed by atoms with Gasteiger partial charge in [0.1, 0.15) is 5.82 Å². The molecule has 1 aliphatic rings. The molecule has 1 fully saturated rings. The summed E-state index contributed by atoms with van der Waals surface area (Å²) >= 11 is 0. The largest absolute Gasteiger partial charge is 0.371 e. The molecule has 0 unspecified atom stereocenters. The smallest absolute Gasteiger partial charge is 0.236 e. The second-order valence-corrected chi connectivity index (χ2v) is 6.93. The van der Waals surface area contributed by atoms with Crippen LogP contribution in [0.3, 0.4) is 0 Å². The molecule has 1 aliphatic heterocycles. The van der Waals surface area contributed by atoms with Gasteiger partial charge in [-0.3, -0.25) is 0 Å². The second-order valence-electron chi connectivity index (χ2n) is 4.15. The Labute approximate surface area is 105 Å². The van der Waals surface area contributed by atoms with Crippen LogP contribution >= 0.6 is 10.7 Å². The predicted molar refractivity (Wildman–Crippen MR) is 66.3 cm³/mol. The van der Waals surface area contributed by atoms with Crippen molar-refractivity contribution in [3.05, 3.63) is 29.6 Å². The van der Waals surface area contributed by atoms with Crippen LogP contribution in [0.15, 0.2) is 18.2 Å². The van der Waals surface area contributed by atoms with Crippen molar-refractivity contribution >= 4 is 25.4 Å². The minimum Gasteiger partial charge on any atom is -0.371 e. The fraction of sp³-hybridized carbons (Fsp3) is 0.455. The Kier molecular flexibility index (Phi) is 3.58. The van der Waals surface area contributed by atoms with Gasteiger partial charge in [0.05, 0.1) is 5.75 Å². The Hall–Kier alpha value is -0.810. The maximum atomic E-state index is 13.2. The molecule has 0 bridgehead atoms. The first kappa shape index (κ1) is 12.6. The molecule has 1 aromatic carbocycles. The molecule has 0 spiro atoms. The molecule has 0 N–H and O–H groups in total. The molecule has 2 rings (SSSR count). The fourth-order valence-corrected chi connectivity index (χ4v) is 3.08. The van der Waals surface area contributed by atoms with E-state index < -0.39 is 14.9 Å². The topological polar surface area (TPSA) is 37.4 Å². The van der Waals surface area contributed by atoms with Gasteiger partial charge < -0.3 is 4.90 Å². The van der Waals surface area contributed by atoms with Crippen LogP contribution in [0.2, 0.25) is 0 Å². The summed E-state index contributed by atoms with van der Waals surface area (Å²) < 4.78 is 35.4. The van der Waals surface area contributed by atoms with Gasteiger partial charge in [-0.05, 0) is 36.6 Å². The van der Waals surface area contributed by atoms with Gasteiger partial charge in [-0.15, -0.1) is 0 Å². The summed E-state index contributed by atoms with van der Waals surface area (Å²) in [5.41, 5.74) is 1.20. The molecule has 0 amide bonds. The number of halogens is 2. The number of rotatable bonds is 3. The van der Waals surface area contributed by atoms with Gasteiger partial charge in [-0.2, -0.15) is 0 Å². The maximum absolute atomic E-state index is 13.2. The van der Waals surface area contributed by atoms with Crippen LogP contribution < -0.4 is 4.90 Å². The molecule has 17 heavy (non-hydrogen) atoms. The maximum Gasteiger partial charge on any atom is 0.236 e. The van der Waals surface area contributed by atoms with Crippen molar-refractivity contribution in [1.29, 1.82) is 0 Å². The lowest BCUT2D eigenvalue weighted by atomic mass is 10.2. The van der Waals surface area contributed by atoms with Crippen LogP contribution in [-0.2, 0) is 14.8 Å². The van der Waals surface area contributed by atoms with Crippen LogP contribution in [-0.4, -0.2) is 21.5 Å². The van der Waals surface area contributed by atoms with E-state index in [1.807, 2.05) is 0 Å². The van der Waals surface area contributed by atoms with E-state index in [1.54, 1.807) is 6.07 Å². The molecule has 0 radical (unpaired) electrons. The Morgan fingerprint density at radius 1 is 1.29 bits per heavy atom. The van der Waals surface area contributed by atoms with Gasteiger partial charge in [0, 0.05) is 29.5 Å². The number of hydrogen-bond donors (Lipinski definition) is 0. The molecule has 94 valence electrons. The minimum absolute atomic E-state index is 0.335. The third-order valence-corrected chi connectivity index (χ3v) is 3.80. The Morgan fingerprint density at radius 2 is 1.94 bits per heavy atom. The summed E-state index contributed by atoms with van der Waals surface area (Å²) in [5.74, 6) is -0.777. The lowest BCUT2D eigenvalue weighted by Gasteiger charge is -2.20. The standard InChI is InChI=1S/C11H13ClFNO2S/c12-17(15,16)8-9-7-10(13)3-4-11(9)14-5-1-2-6-14/h3-4,7H,1-2,5-6,8H2. The van der Waals surface area contributed by atoms with E-state index in [9.17, 15) is 12.8 Å². The van der Waals surface area contributed by atoms with Crippen molar-refractivity contribution in [2.24, 2.45) is 0 Å². The van der Waals surface area contributed by atoms with Crippen LogP contribution in [0, 0.1) is 5.82 Å². The highest BCUT2D eigenvalue weighted by Gasteiger charge is 2.19. The molecule has 1 aromatic rings. The average molecular weight is 278 g/mol. The van der Waals surface area contributed by atoms with Crippen LogP contribution in [0.25, 0.3) is 0 Å². The molecule has 0 aliphatic carbocycles. The summed E-state index contributed by atoms with van der Waals surface area (Å²) in [5, 5.41) is 0. The first-order valence-electron chi connectivity index (χ1n) is 5.41. The Morgan fingerprint density at radius 3 is 2.53 bits per heavy atom. The van der Waals surface area contributed by atoms with E-state index in [4.69, 9.17) is 10.7 Å². The third kappa shape index (κ3) is 3.33.